The first-order chi connectivity index (χ1) is 7.29. The monoisotopic (exact) mass is 228 g/mol. The summed E-state index contributed by atoms with van der Waals surface area (Å²) < 4.78 is 0. The zero-order valence-corrected chi connectivity index (χ0v) is 10.1. The predicted molar refractivity (Wildman–Crippen MR) is 59.7 cm³/mol. The molecule has 0 spiro atoms. The van der Waals surface area contributed by atoms with E-state index >= 15 is 0 Å². The Morgan fingerprint density at radius 2 is 2.00 bits per heavy atom. The highest BCUT2D eigenvalue weighted by molar-refractivity contribution is 5.83. The molecule has 92 valence electrons. The van der Waals surface area contributed by atoms with Gasteiger partial charge in [0.2, 0.25) is 5.91 Å². The third kappa shape index (κ3) is 2.35. The summed E-state index contributed by atoms with van der Waals surface area (Å²) in [5, 5.41) is 8.98. The van der Waals surface area contributed by atoms with E-state index in [1.54, 1.807) is 18.7 Å². The van der Waals surface area contributed by atoms with Crippen molar-refractivity contribution in [3.05, 3.63) is 0 Å². The number of nitrogens with zero attached hydrogens (tertiary/aromatic N) is 1. The van der Waals surface area contributed by atoms with Crippen molar-refractivity contribution in [1.29, 1.82) is 0 Å². The van der Waals surface area contributed by atoms with Gasteiger partial charge in [0, 0.05) is 19.6 Å². The molecule has 0 aromatic rings. The normalized spacial score (nSPS) is 25.9. The van der Waals surface area contributed by atoms with Gasteiger partial charge >= 0.3 is 5.97 Å². The van der Waals surface area contributed by atoms with Gasteiger partial charge in [-0.1, -0.05) is 6.92 Å². The number of hydrogen-bond donors (Lipinski definition) is 2. The van der Waals surface area contributed by atoms with Crippen LogP contribution in [0.5, 0.6) is 0 Å². The summed E-state index contributed by atoms with van der Waals surface area (Å²) in [6.45, 7) is 6.52. The number of likely N-dealkylation sites (tertiary alicyclic amines) is 1. The van der Waals surface area contributed by atoms with Crippen molar-refractivity contribution in [1.82, 2.24) is 4.90 Å². The Labute approximate surface area is 95.6 Å². The lowest BCUT2D eigenvalue weighted by molar-refractivity contribution is -0.143. The van der Waals surface area contributed by atoms with E-state index in [-0.39, 0.29) is 18.4 Å². The largest absolute Gasteiger partial charge is 0.481 e. The Morgan fingerprint density at radius 1 is 1.44 bits per heavy atom. The van der Waals surface area contributed by atoms with Crippen molar-refractivity contribution in [3.8, 4) is 0 Å². The number of aliphatic carboxylic acids is 1. The minimum atomic E-state index is -0.826. The topological polar surface area (TPSA) is 83.6 Å². The fourth-order valence-electron chi connectivity index (χ4n) is 1.97. The minimum Gasteiger partial charge on any atom is -0.481 e. The Kier molecular flexibility index (Phi) is 3.57. The molecule has 0 aromatic carbocycles. The molecule has 0 aliphatic carbocycles. The fraction of sp³-hybridized carbons (Fsp3) is 0.818. The number of hydrogen-bond acceptors (Lipinski definition) is 3. The van der Waals surface area contributed by atoms with Crippen molar-refractivity contribution < 1.29 is 14.7 Å². The number of carboxylic acid groups (broad SMARTS) is 1. The van der Waals surface area contributed by atoms with Gasteiger partial charge in [-0.25, -0.2) is 0 Å². The van der Waals surface area contributed by atoms with Gasteiger partial charge in [-0.05, 0) is 19.8 Å². The van der Waals surface area contributed by atoms with E-state index in [9.17, 15) is 9.59 Å². The van der Waals surface area contributed by atoms with Crippen molar-refractivity contribution in [2.24, 2.45) is 23.0 Å². The first kappa shape index (κ1) is 13.0. The number of amides is 1. The van der Waals surface area contributed by atoms with Crippen LogP contribution in [0.15, 0.2) is 0 Å². The van der Waals surface area contributed by atoms with E-state index in [1.807, 2.05) is 6.92 Å². The number of rotatable bonds is 3. The molecule has 0 radical (unpaired) electrons. The summed E-state index contributed by atoms with van der Waals surface area (Å²) in [5.74, 6) is -1.31. The van der Waals surface area contributed by atoms with Crippen molar-refractivity contribution in [2.45, 2.75) is 20.8 Å². The Balaban J connectivity index is 2.72. The van der Waals surface area contributed by atoms with Gasteiger partial charge in [0.1, 0.15) is 0 Å². The molecule has 1 heterocycles. The first-order valence-corrected chi connectivity index (χ1v) is 5.52. The molecule has 1 fully saturated rings. The molecule has 2 atom stereocenters. The Morgan fingerprint density at radius 3 is 2.38 bits per heavy atom. The van der Waals surface area contributed by atoms with E-state index < -0.39 is 17.3 Å². The minimum absolute atomic E-state index is 0.00928. The molecule has 3 N–H and O–H groups in total. The summed E-state index contributed by atoms with van der Waals surface area (Å²) in [6.07, 6.45) is 0. The van der Waals surface area contributed by atoms with E-state index in [1.165, 1.54) is 0 Å². The smallest absolute Gasteiger partial charge is 0.308 e. The highest BCUT2D eigenvalue weighted by Crippen LogP contribution is 2.27. The van der Waals surface area contributed by atoms with Crippen LogP contribution in [0.1, 0.15) is 20.8 Å². The van der Waals surface area contributed by atoms with Crippen LogP contribution in [0.25, 0.3) is 0 Å². The molecule has 0 aromatic heterocycles. The van der Waals surface area contributed by atoms with Gasteiger partial charge in [0.25, 0.3) is 0 Å². The molecular formula is C11H20N2O3. The zero-order valence-electron chi connectivity index (χ0n) is 10.1. The molecule has 1 amide bonds. The molecule has 1 aliphatic rings. The van der Waals surface area contributed by atoms with Crippen LogP contribution in [0.3, 0.4) is 0 Å². The molecule has 16 heavy (non-hydrogen) atoms. The van der Waals surface area contributed by atoms with Crippen LogP contribution >= 0.6 is 0 Å². The van der Waals surface area contributed by atoms with E-state index in [2.05, 4.69) is 0 Å². The number of nitrogens with two attached hydrogens (primary N) is 1. The van der Waals surface area contributed by atoms with Crippen LogP contribution in [-0.4, -0.2) is 41.5 Å². The van der Waals surface area contributed by atoms with Gasteiger partial charge in [0.15, 0.2) is 0 Å². The van der Waals surface area contributed by atoms with E-state index in [0.29, 0.717) is 13.1 Å². The highest BCUT2D eigenvalue weighted by Gasteiger charge is 2.40. The van der Waals surface area contributed by atoms with Crippen LogP contribution in [0.2, 0.25) is 0 Å². The molecule has 1 saturated heterocycles. The third-order valence-electron chi connectivity index (χ3n) is 3.31. The molecule has 1 rings (SSSR count). The molecule has 5 nitrogen and oxygen atoms in total. The van der Waals surface area contributed by atoms with Gasteiger partial charge in [-0.2, -0.15) is 0 Å². The van der Waals surface area contributed by atoms with Crippen LogP contribution in [-0.2, 0) is 9.59 Å². The van der Waals surface area contributed by atoms with Gasteiger partial charge in [-0.3, -0.25) is 9.59 Å². The SMILES string of the molecule is CC1CN(C(=O)C(C)(C)CN)CC1C(=O)O. The molecule has 0 bridgehead atoms. The maximum absolute atomic E-state index is 12.1. The lowest BCUT2D eigenvalue weighted by atomic mass is 9.92. The molecular weight excluding hydrogens is 208 g/mol. The second-order valence-corrected chi connectivity index (χ2v) is 5.22. The summed E-state index contributed by atoms with van der Waals surface area (Å²) in [7, 11) is 0. The van der Waals surface area contributed by atoms with Crippen LogP contribution < -0.4 is 5.73 Å². The van der Waals surface area contributed by atoms with Gasteiger partial charge in [-0.15, -0.1) is 0 Å². The Bertz CT molecular complexity index is 302. The zero-order chi connectivity index (χ0) is 12.5. The standard InChI is InChI=1S/C11H20N2O3/c1-7-4-13(5-8(7)9(14)15)10(16)11(2,3)6-12/h7-8H,4-6,12H2,1-3H3,(H,14,15). The lowest BCUT2D eigenvalue weighted by Gasteiger charge is -2.27. The number of carbonyl (C=O) groups excluding carboxylic acids is 1. The maximum atomic E-state index is 12.1. The number of carbonyl (C=O) groups is 2. The summed E-state index contributed by atoms with van der Waals surface area (Å²) >= 11 is 0. The molecule has 1 aliphatic heterocycles. The molecule has 2 unspecified atom stereocenters. The van der Waals surface area contributed by atoms with Crippen LogP contribution in [0.4, 0.5) is 0 Å². The van der Waals surface area contributed by atoms with E-state index in [4.69, 9.17) is 10.8 Å². The third-order valence-corrected chi connectivity index (χ3v) is 3.31. The maximum Gasteiger partial charge on any atom is 0.308 e. The van der Waals surface area contributed by atoms with Crippen molar-refractivity contribution in [2.75, 3.05) is 19.6 Å². The van der Waals surface area contributed by atoms with Gasteiger partial charge in [0.05, 0.1) is 11.3 Å². The quantitative estimate of drug-likeness (QED) is 0.720. The van der Waals surface area contributed by atoms with E-state index in [0.717, 1.165) is 0 Å². The van der Waals surface area contributed by atoms with Crippen molar-refractivity contribution in [3.63, 3.8) is 0 Å². The average molecular weight is 228 g/mol. The van der Waals surface area contributed by atoms with Crippen molar-refractivity contribution >= 4 is 11.9 Å². The summed E-state index contributed by atoms with van der Waals surface area (Å²) in [6, 6.07) is 0. The summed E-state index contributed by atoms with van der Waals surface area (Å²) in [4.78, 5) is 24.6. The second kappa shape index (κ2) is 4.41. The van der Waals surface area contributed by atoms with Crippen LogP contribution in [0, 0.1) is 17.3 Å². The fourth-order valence-corrected chi connectivity index (χ4v) is 1.97. The second-order valence-electron chi connectivity index (χ2n) is 5.22. The highest BCUT2D eigenvalue weighted by atomic mass is 16.4. The van der Waals surface area contributed by atoms with Gasteiger partial charge < -0.3 is 15.7 Å². The summed E-state index contributed by atoms with van der Waals surface area (Å²) in [5.41, 5.74) is 4.94. The number of carboxylic acids is 1. The molecule has 0 saturated carbocycles. The average Bonchev–Trinajstić information content (AvgIpc) is 2.59. The predicted octanol–water partition coefficient (Wildman–Crippen LogP) is 0.150. The lowest BCUT2D eigenvalue weighted by Crippen LogP contribution is -2.44. The Hall–Kier alpha value is -1.10. The first-order valence-electron chi connectivity index (χ1n) is 5.52. The molecule has 5 heteroatoms.